The van der Waals surface area contributed by atoms with Gasteiger partial charge in [0.1, 0.15) is 0 Å². The van der Waals surface area contributed by atoms with Crippen LogP contribution in [0.5, 0.6) is 0 Å². The van der Waals surface area contributed by atoms with E-state index < -0.39 is 11.9 Å². The van der Waals surface area contributed by atoms with Crippen LogP contribution in [0.1, 0.15) is 32.6 Å². The van der Waals surface area contributed by atoms with E-state index in [1.807, 2.05) is 0 Å². The molecule has 0 unspecified atom stereocenters. The molecule has 0 saturated carbocycles. The Balaban J connectivity index is 3.30. The highest BCUT2D eigenvalue weighted by Gasteiger charge is 2.03. The lowest BCUT2D eigenvalue weighted by Crippen LogP contribution is -2.08. The molecule has 63 valence electrons. The van der Waals surface area contributed by atoms with Crippen LogP contribution < -0.4 is 0 Å². The summed E-state index contributed by atoms with van der Waals surface area (Å²) in [6.45, 7) is 4.85. The summed E-state index contributed by atoms with van der Waals surface area (Å²) < 4.78 is 4.30. The number of carbonyl (C=O) groups excluding carboxylic acids is 2. The smallest absolute Gasteiger partial charge is 0.313 e. The van der Waals surface area contributed by atoms with Crippen molar-refractivity contribution in [3.63, 3.8) is 0 Å². The second kappa shape index (κ2) is 5.89. The molecule has 0 aliphatic rings. The second-order valence-electron chi connectivity index (χ2n) is 2.28. The van der Waals surface area contributed by atoms with Gasteiger partial charge in [0.25, 0.3) is 0 Å². The summed E-state index contributed by atoms with van der Waals surface area (Å²) in [6.07, 6.45) is 2.77. The van der Waals surface area contributed by atoms with Crippen molar-refractivity contribution >= 4 is 11.9 Å². The molecule has 0 bridgehead atoms. The van der Waals surface area contributed by atoms with Gasteiger partial charge in [-0.05, 0) is 6.42 Å². The second-order valence-corrected chi connectivity index (χ2v) is 2.28. The zero-order chi connectivity index (χ0) is 8.69. The molecule has 0 aromatic heterocycles. The SMILES string of the molecule is [CH2]CCCCC(=O)OC(C)=O. The molecule has 1 radical (unpaired) electrons. The zero-order valence-corrected chi connectivity index (χ0v) is 6.76. The van der Waals surface area contributed by atoms with E-state index in [9.17, 15) is 9.59 Å². The zero-order valence-electron chi connectivity index (χ0n) is 6.76. The fraction of sp³-hybridized carbons (Fsp3) is 0.625. The summed E-state index contributed by atoms with van der Waals surface area (Å²) in [4.78, 5) is 20.9. The Morgan fingerprint density at radius 1 is 1.36 bits per heavy atom. The fourth-order valence-corrected chi connectivity index (χ4v) is 0.657. The minimum Gasteiger partial charge on any atom is -0.393 e. The normalized spacial score (nSPS) is 9.27. The summed E-state index contributed by atoms with van der Waals surface area (Å²) in [5.74, 6) is -0.976. The van der Waals surface area contributed by atoms with Crippen LogP contribution in [-0.2, 0) is 14.3 Å². The first-order valence-corrected chi connectivity index (χ1v) is 3.67. The number of rotatable bonds is 4. The Hall–Kier alpha value is -0.860. The summed E-state index contributed by atoms with van der Waals surface area (Å²) >= 11 is 0. The molecule has 0 aliphatic carbocycles. The molecule has 0 atom stereocenters. The minimum absolute atomic E-state index is 0.315. The molecular formula is C8H13O3. The van der Waals surface area contributed by atoms with E-state index in [1.54, 1.807) is 0 Å². The Labute approximate surface area is 66.7 Å². The highest BCUT2D eigenvalue weighted by atomic mass is 16.6. The first-order chi connectivity index (χ1) is 5.16. The van der Waals surface area contributed by atoms with Gasteiger partial charge in [-0.1, -0.05) is 19.8 Å². The van der Waals surface area contributed by atoms with E-state index in [2.05, 4.69) is 11.7 Å². The molecule has 3 heteroatoms. The lowest BCUT2D eigenvalue weighted by Gasteiger charge is -1.97. The maximum Gasteiger partial charge on any atom is 0.313 e. The molecule has 0 aromatic rings. The molecule has 0 aliphatic heterocycles. The number of hydrogen-bond donors (Lipinski definition) is 0. The quantitative estimate of drug-likeness (QED) is 0.352. The molecule has 11 heavy (non-hydrogen) atoms. The predicted molar refractivity (Wildman–Crippen MR) is 40.6 cm³/mol. The Morgan fingerprint density at radius 3 is 2.45 bits per heavy atom. The highest BCUT2D eigenvalue weighted by Crippen LogP contribution is 1.99. The van der Waals surface area contributed by atoms with Crippen molar-refractivity contribution in [2.45, 2.75) is 32.6 Å². The number of carbonyl (C=O) groups is 2. The van der Waals surface area contributed by atoms with Crippen molar-refractivity contribution in [1.29, 1.82) is 0 Å². The maximum atomic E-state index is 10.7. The fourth-order valence-electron chi connectivity index (χ4n) is 0.657. The third kappa shape index (κ3) is 7.03. The van der Waals surface area contributed by atoms with Crippen molar-refractivity contribution in [2.24, 2.45) is 0 Å². The van der Waals surface area contributed by atoms with Crippen molar-refractivity contribution in [2.75, 3.05) is 0 Å². The van der Waals surface area contributed by atoms with Gasteiger partial charge in [-0.2, -0.15) is 0 Å². The van der Waals surface area contributed by atoms with Crippen LogP contribution in [0.4, 0.5) is 0 Å². The number of unbranched alkanes of at least 4 members (excludes halogenated alkanes) is 2. The number of ether oxygens (including phenoxy) is 1. The third-order valence-electron chi connectivity index (χ3n) is 1.14. The van der Waals surface area contributed by atoms with Crippen molar-refractivity contribution in [3.8, 4) is 0 Å². The molecule has 0 heterocycles. The molecule has 0 aromatic carbocycles. The van der Waals surface area contributed by atoms with Crippen molar-refractivity contribution in [1.82, 2.24) is 0 Å². The summed E-state index contributed by atoms with van der Waals surface area (Å²) in [5.41, 5.74) is 0. The van der Waals surface area contributed by atoms with Gasteiger partial charge in [0, 0.05) is 13.3 Å². The monoisotopic (exact) mass is 157 g/mol. The van der Waals surface area contributed by atoms with E-state index in [4.69, 9.17) is 0 Å². The molecular weight excluding hydrogens is 144 g/mol. The summed E-state index contributed by atoms with van der Waals surface area (Å²) in [6, 6.07) is 0. The lowest BCUT2D eigenvalue weighted by atomic mass is 10.2. The number of hydrogen-bond acceptors (Lipinski definition) is 3. The standard InChI is InChI=1S/C8H13O3/c1-3-4-5-6-8(10)11-7(2)9/h1,3-6H2,2H3. The van der Waals surface area contributed by atoms with Crippen LogP contribution in [0.15, 0.2) is 0 Å². The average molecular weight is 157 g/mol. The van der Waals surface area contributed by atoms with Gasteiger partial charge in [0.2, 0.25) is 0 Å². The summed E-state index contributed by atoms with van der Waals surface area (Å²) in [5, 5.41) is 0. The first kappa shape index (κ1) is 10.1. The number of esters is 2. The van der Waals surface area contributed by atoms with Crippen molar-refractivity contribution in [3.05, 3.63) is 6.92 Å². The Bertz CT molecular complexity index is 140. The van der Waals surface area contributed by atoms with Crippen LogP contribution in [0, 0.1) is 6.92 Å². The Kier molecular flexibility index (Phi) is 5.43. The largest absolute Gasteiger partial charge is 0.393 e. The van der Waals surface area contributed by atoms with Gasteiger partial charge in [0.05, 0.1) is 0 Å². The topological polar surface area (TPSA) is 43.4 Å². The average Bonchev–Trinajstić information content (AvgIpc) is 1.86. The van der Waals surface area contributed by atoms with E-state index in [0.29, 0.717) is 6.42 Å². The maximum absolute atomic E-state index is 10.7. The van der Waals surface area contributed by atoms with E-state index in [-0.39, 0.29) is 0 Å². The van der Waals surface area contributed by atoms with Crippen LogP contribution in [-0.4, -0.2) is 11.9 Å². The molecule has 0 amide bonds. The van der Waals surface area contributed by atoms with Crippen LogP contribution in [0.3, 0.4) is 0 Å². The molecule has 3 nitrogen and oxygen atoms in total. The third-order valence-corrected chi connectivity index (χ3v) is 1.14. The molecule has 0 rings (SSSR count). The predicted octanol–water partition coefficient (Wildman–Crippen LogP) is 1.47. The van der Waals surface area contributed by atoms with Crippen LogP contribution >= 0.6 is 0 Å². The highest BCUT2D eigenvalue weighted by molar-refractivity contribution is 5.83. The Morgan fingerprint density at radius 2 is 2.00 bits per heavy atom. The first-order valence-electron chi connectivity index (χ1n) is 3.67. The molecule has 0 fully saturated rings. The molecule has 0 spiro atoms. The van der Waals surface area contributed by atoms with Gasteiger partial charge in [-0.3, -0.25) is 9.59 Å². The van der Waals surface area contributed by atoms with Crippen LogP contribution in [0.2, 0.25) is 0 Å². The van der Waals surface area contributed by atoms with Gasteiger partial charge in [-0.25, -0.2) is 0 Å². The summed E-state index contributed by atoms with van der Waals surface area (Å²) in [7, 11) is 0. The van der Waals surface area contributed by atoms with Gasteiger partial charge < -0.3 is 4.74 Å². The lowest BCUT2D eigenvalue weighted by molar-refractivity contribution is -0.158. The van der Waals surface area contributed by atoms with E-state index >= 15 is 0 Å². The van der Waals surface area contributed by atoms with Gasteiger partial charge >= 0.3 is 11.9 Å². The van der Waals surface area contributed by atoms with E-state index in [1.165, 1.54) is 6.92 Å². The van der Waals surface area contributed by atoms with E-state index in [0.717, 1.165) is 19.3 Å². The van der Waals surface area contributed by atoms with Gasteiger partial charge in [0.15, 0.2) is 0 Å². The van der Waals surface area contributed by atoms with Gasteiger partial charge in [-0.15, -0.1) is 0 Å². The molecule has 0 saturated heterocycles. The van der Waals surface area contributed by atoms with Crippen LogP contribution in [0.25, 0.3) is 0 Å². The molecule has 0 N–H and O–H groups in total. The minimum atomic E-state index is -0.537. The van der Waals surface area contributed by atoms with Crippen molar-refractivity contribution < 1.29 is 14.3 Å².